The summed E-state index contributed by atoms with van der Waals surface area (Å²) < 4.78 is 0. The zero-order valence-electron chi connectivity index (χ0n) is 12.3. The van der Waals surface area contributed by atoms with Gasteiger partial charge in [0.15, 0.2) is 0 Å². The standard InChI is InChI=1S/C16H25N3O/c1-2-10-19(15-9-5-6-13(17)11-15)12-16(20)18-14-7-3-4-8-14/h5-6,9,11,14H,2-4,7-8,10,12,17H2,1H3,(H,18,20). The summed E-state index contributed by atoms with van der Waals surface area (Å²) in [6, 6.07) is 8.12. The number of nitrogens with zero attached hydrogens (tertiary/aromatic N) is 1. The second-order valence-electron chi connectivity index (χ2n) is 5.57. The number of nitrogen functional groups attached to an aromatic ring is 1. The van der Waals surface area contributed by atoms with E-state index in [0.717, 1.165) is 37.2 Å². The van der Waals surface area contributed by atoms with Crippen LogP contribution < -0.4 is 16.0 Å². The number of rotatable bonds is 6. The molecule has 0 unspecified atom stereocenters. The molecule has 0 aromatic heterocycles. The summed E-state index contributed by atoms with van der Waals surface area (Å²) in [5.74, 6) is 0.118. The van der Waals surface area contributed by atoms with Crippen LogP contribution in [0.1, 0.15) is 39.0 Å². The molecule has 1 saturated carbocycles. The first-order valence-corrected chi connectivity index (χ1v) is 7.59. The van der Waals surface area contributed by atoms with Crippen molar-refractivity contribution in [2.75, 3.05) is 23.7 Å². The van der Waals surface area contributed by atoms with Crippen LogP contribution in [0.15, 0.2) is 24.3 Å². The summed E-state index contributed by atoms with van der Waals surface area (Å²) in [6.07, 6.45) is 5.72. The van der Waals surface area contributed by atoms with Crippen LogP contribution in [0.4, 0.5) is 11.4 Å². The number of hydrogen-bond donors (Lipinski definition) is 2. The van der Waals surface area contributed by atoms with Crippen LogP contribution in [-0.4, -0.2) is 25.0 Å². The maximum atomic E-state index is 12.2. The van der Waals surface area contributed by atoms with E-state index in [0.29, 0.717) is 12.6 Å². The van der Waals surface area contributed by atoms with Crippen molar-refractivity contribution in [3.05, 3.63) is 24.3 Å². The van der Waals surface area contributed by atoms with E-state index >= 15 is 0 Å². The molecule has 0 radical (unpaired) electrons. The highest BCUT2D eigenvalue weighted by Crippen LogP contribution is 2.19. The summed E-state index contributed by atoms with van der Waals surface area (Å²) in [5.41, 5.74) is 7.59. The van der Waals surface area contributed by atoms with Gasteiger partial charge in [-0.1, -0.05) is 25.8 Å². The number of hydrogen-bond acceptors (Lipinski definition) is 3. The molecule has 1 fully saturated rings. The van der Waals surface area contributed by atoms with Crippen molar-refractivity contribution in [3.8, 4) is 0 Å². The molecule has 4 heteroatoms. The second kappa shape index (κ2) is 7.17. The maximum absolute atomic E-state index is 12.2. The lowest BCUT2D eigenvalue weighted by Crippen LogP contribution is -2.41. The molecule has 2 rings (SSSR count). The van der Waals surface area contributed by atoms with Gasteiger partial charge < -0.3 is 16.0 Å². The largest absolute Gasteiger partial charge is 0.399 e. The van der Waals surface area contributed by atoms with E-state index in [2.05, 4.69) is 17.1 Å². The fraction of sp³-hybridized carbons (Fsp3) is 0.562. The van der Waals surface area contributed by atoms with Crippen molar-refractivity contribution in [1.29, 1.82) is 0 Å². The molecule has 0 aliphatic heterocycles. The maximum Gasteiger partial charge on any atom is 0.239 e. The van der Waals surface area contributed by atoms with Gasteiger partial charge in [0.1, 0.15) is 0 Å². The van der Waals surface area contributed by atoms with Crippen LogP contribution >= 0.6 is 0 Å². The van der Waals surface area contributed by atoms with E-state index in [4.69, 9.17) is 5.73 Å². The number of nitrogens with one attached hydrogen (secondary N) is 1. The van der Waals surface area contributed by atoms with Crippen molar-refractivity contribution in [1.82, 2.24) is 5.32 Å². The lowest BCUT2D eigenvalue weighted by Gasteiger charge is -2.25. The highest BCUT2D eigenvalue weighted by molar-refractivity contribution is 5.81. The van der Waals surface area contributed by atoms with Crippen LogP contribution in [-0.2, 0) is 4.79 Å². The third kappa shape index (κ3) is 4.15. The molecular weight excluding hydrogens is 250 g/mol. The van der Waals surface area contributed by atoms with Gasteiger partial charge in [0.25, 0.3) is 0 Å². The van der Waals surface area contributed by atoms with Crippen molar-refractivity contribution < 1.29 is 4.79 Å². The predicted molar refractivity (Wildman–Crippen MR) is 83.8 cm³/mol. The van der Waals surface area contributed by atoms with Crippen molar-refractivity contribution in [3.63, 3.8) is 0 Å². The molecule has 1 aromatic rings. The van der Waals surface area contributed by atoms with E-state index in [1.807, 2.05) is 24.3 Å². The molecule has 1 amide bonds. The van der Waals surface area contributed by atoms with Crippen molar-refractivity contribution in [2.24, 2.45) is 0 Å². The Balaban J connectivity index is 1.95. The third-order valence-corrected chi connectivity index (χ3v) is 3.78. The Morgan fingerprint density at radius 1 is 1.40 bits per heavy atom. The number of carbonyl (C=O) groups is 1. The zero-order chi connectivity index (χ0) is 14.4. The Morgan fingerprint density at radius 2 is 2.15 bits per heavy atom. The number of amides is 1. The van der Waals surface area contributed by atoms with Gasteiger partial charge in [-0.05, 0) is 37.5 Å². The number of anilines is 2. The molecule has 0 atom stereocenters. The first-order valence-electron chi connectivity index (χ1n) is 7.59. The normalized spacial score (nSPS) is 15.2. The molecule has 0 heterocycles. The van der Waals surface area contributed by atoms with Gasteiger partial charge in [-0.2, -0.15) is 0 Å². The highest BCUT2D eigenvalue weighted by Gasteiger charge is 2.18. The van der Waals surface area contributed by atoms with Gasteiger partial charge in [-0.15, -0.1) is 0 Å². The number of carbonyl (C=O) groups excluding carboxylic acids is 1. The lowest BCUT2D eigenvalue weighted by atomic mass is 10.2. The van der Waals surface area contributed by atoms with E-state index in [9.17, 15) is 4.79 Å². The summed E-state index contributed by atoms with van der Waals surface area (Å²) in [6.45, 7) is 3.39. The fourth-order valence-electron chi connectivity index (χ4n) is 2.81. The summed E-state index contributed by atoms with van der Waals surface area (Å²) in [7, 11) is 0. The first-order chi connectivity index (χ1) is 9.69. The smallest absolute Gasteiger partial charge is 0.239 e. The van der Waals surface area contributed by atoms with E-state index < -0.39 is 0 Å². The molecule has 0 saturated heterocycles. The van der Waals surface area contributed by atoms with Crippen molar-refractivity contribution >= 4 is 17.3 Å². The molecule has 1 aromatic carbocycles. The number of nitrogens with two attached hydrogens (primary N) is 1. The van der Waals surface area contributed by atoms with Gasteiger partial charge >= 0.3 is 0 Å². The lowest BCUT2D eigenvalue weighted by molar-refractivity contribution is -0.120. The molecule has 0 bridgehead atoms. The SMILES string of the molecule is CCCN(CC(=O)NC1CCCC1)c1cccc(N)c1. The second-order valence-corrected chi connectivity index (χ2v) is 5.57. The Labute approximate surface area is 121 Å². The quantitative estimate of drug-likeness (QED) is 0.784. The van der Waals surface area contributed by atoms with Crippen LogP contribution in [0.25, 0.3) is 0 Å². The van der Waals surface area contributed by atoms with Crippen molar-refractivity contribution in [2.45, 2.75) is 45.1 Å². The van der Waals surface area contributed by atoms with E-state index in [1.54, 1.807) is 0 Å². The molecular formula is C16H25N3O. The minimum absolute atomic E-state index is 0.118. The van der Waals surface area contributed by atoms with Crippen LogP contribution in [0.3, 0.4) is 0 Å². The Kier molecular flexibility index (Phi) is 5.27. The van der Waals surface area contributed by atoms with Gasteiger partial charge in [-0.25, -0.2) is 0 Å². The van der Waals surface area contributed by atoms with Crippen LogP contribution in [0.2, 0.25) is 0 Å². The summed E-state index contributed by atoms with van der Waals surface area (Å²) >= 11 is 0. The van der Waals surface area contributed by atoms with Crippen LogP contribution in [0.5, 0.6) is 0 Å². The molecule has 4 nitrogen and oxygen atoms in total. The Bertz CT molecular complexity index is 441. The third-order valence-electron chi connectivity index (χ3n) is 3.78. The van der Waals surface area contributed by atoms with E-state index in [-0.39, 0.29) is 5.91 Å². The highest BCUT2D eigenvalue weighted by atomic mass is 16.2. The zero-order valence-corrected chi connectivity index (χ0v) is 12.3. The first kappa shape index (κ1) is 14.7. The van der Waals surface area contributed by atoms with Gasteiger partial charge in [0.2, 0.25) is 5.91 Å². The average Bonchev–Trinajstić information content (AvgIpc) is 2.91. The van der Waals surface area contributed by atoms with Crippen LogP contribution in [0, 0.1) is 0 Å². The van der Waals surface area contributed by atoms with Gasteiger partial charge in [-0.3, -0.25) is 4.79 Å². The Hall–Kier alpha value is -1.71. The molecule has 20 heavy (non-hydrogen) atoms. The molecule has 1 aliphatic rings. The average molecular weight is 275 g/mol. The topological polar surface area (TPSA) is 58.4 Å². The van der Waals surface area contributed by atoms with Gasteiger partial charge in [0, 0.05) is 24.0 Å². The minimum Gasteiger partial charge on any atom is -0.399 e. The van der Waals surface area contributed by atoms with Gasteiger partial charge in [0.05, 0.1) is 6.54 Å². The monoisotopic (exact) mass is 275 g/mol. The molecule has 0 spiro atoms. The molecule has 1 aliphatic carbocycles. The molecule has 3 N–H and O–H groups in total. The fourth-order valence-corrected chi connectivity index (χ4v) is 2.81. The molecule has 110 valence electrons. The summed E-state index contributed by atoms with van der Waals surface area (Å²) in [4.78, 5) is 14.3. The Morgan fingerprint density at radius 3 is 2.80 bits per heavy atom. The van der Waals surface area contributed by atoms with E-state index in [1.165, 1.54) is 12.8 Å². The minimum atomic E-state index is 0.118. The summed E-state index contributed by atoms with van der Waals surface area (Å²) in [5, 5.41) is 3.14. The predicted octanol–water partition coefficient (Wildman–Crippen LogP) is 2.54. The number of benzene rings is 1.